The van der Waals surface area contributed by atoms with Crippen LogP contribution in [0.3, 0.4) is 0 Å². The van der Waals surface area contributed by atoms with Crippen LogP contribution >= 0.6 is 0 Å². The highest BCUT2D eigenvalue weighted by molar-refractivity contribution is 6.02. The minimum absolute atomic E-state index is 0.713. The van der Waals surface area contributed by atoms with Crippen LogP contribution in [0.4, 0.5) is 0 Å². The zero-order valence-electron chi connectivity index (χ0n) is 13.7. The van der Waals surface area contributed by atoms with Gasteiger partial charge < -0.3 is 0 Å². The maximum absolute atomic E-state index is 4.32. The first-order chi connectivity index (χ1) is 10.7. The van der Waals surface area contributed by atoms with E-state index in [0.29, 0.717) is 5.70 Å². The van der Waals surface area contributed by atoms with Crippen LogP contribution in [0.15, 0.2) is 77.2 Å². The second kappa shape index (κ2) is 10.3. The van der Waals surface area contributed by atoms with Gasteiger partial charge in [-0.3, -0.25) is 0 Å². The fourth-order valence-electron chi connectivity index (χ4n) is 1.64. The van der Waals surface area contributed by atoms with E-state index in [4.69, 9.17) is 0 Å². The number of rotatable bonds is 4. The van der Waals surface area contributed by atoms with E-state index in [1.807, 2.05) is 67.6 Å². The summed E-state index contributed by atoms with van der Waals surface area (Å²) in [7, 11) is 0. The lowest BCUT2D eigenvalue weighted by Crippen LogP contribution is -1.93. The van der Waals surface area contributed by atoms with Crippen LogP contribution in [0.25, 0.3) is 5.70 Å². The second-order valence-corrected chi connectivity index (χ2v) is 4.84. The highest BCUT2D eigenvalue weighted by Crippen LogP contribution is 2.11. The summed E-state index contributed by atoms with van der Waals surface area (Å²) in [6, 6.07) is 19.9. The first-order valence-electron chi connectivity index (χ1n) is 7.55. The Balaban J connectivity index is 0.000000745. The normalized spacial score (nSPS) is 11.0. The van der Waals surface area contributed by atoms with Crippen molar-refractivity contribution >= 4 is 17.7 Å². The molecular weight excluding hydrogens is 268 g/mol. The van der Waals surface area contributed by atoms with Crippen molar-refractivity contribution in [3.8, 4) is 0 Å². The fraction of sp³-hybridized carbons (Fsp3) is 0.200. The molecular formula is C20H24N2. The molecule has 0 unspecified atom stereocenters. The number of aliphatic imine (C=N–C) groups is 2. The average Bonchev–Trinajstić information content (AvgIpc) is 2.57. The SMILES string of the molecule is C=C(N=CN=C(C)c1ccccc1)c1ccccc1.CCC. The summed E-state index contributed by atoms with van der Waals surface area (Å²) in [5.74, 6) is 0. The van der Waals surface area contributed by atoms with Crippen molar-refractivity contribution in [1.82, 2.24) is 0 Å². The molecule has 0 heterocycles. The van der Waals surface area contributed by atoms with Gasteiger partial charge in [0, 0.05) is 5.71 Å². The molecule has 22 heavy (non-hydrogen) atoms. The van der Waals surface area contributed by atoms with Gasteiger partial charge in [0.25, 0.3) is 0 Å². The molecule has 2 heteroatoms. The van der Waals surface area contributed by atoms with Gasteiger partial charge in [-0.1, -0.05) is 87.5 Å². The van der Waals surface area contributed by atoms with E-state index in [-0.39, 0.29) is 0 Å². The molecule has 0 saturated heterocycles. The molecule has 0 aromatic heterocycles. The van der Waals surface area contributed by atoms with E-state index in [9.17, 15) is 0 Å². The van der Waals surface area contributed by atoms with Gasteiger partial charge in [0.15, 0.2) is 0 Å². The molecule has 0 fully saturated rings. The number of nitrogens with zero attached hydrogens (tertiary/aromatic N) is 2. The second-order valence-electron chi connectivity index (χ2n) is 4.84. The van der Waals surface area contributed by atoms with Gasteiger partial charge in [-0.25, -0.2) is 9.98 Å². The lowest BCUT2D eigenvalue weighted by Gasteiger charge is -1.99. The quantitative estimate of drug-likeness (QED) is 0.517. The average molecular weight is 292 g/mol. The monoisotopic (exact) mass is 292 g/mol. The third-order valence-electron chi connectivity index (χ3n) is 2.76. The largest absolute Gasteiger partial charge is 0.241 e. The molecule has 0 amide bonds. The maximum atomic E-state index is 4.32. The first-order valence-corrected chi connectivity index (χ1v) is 7.55. The molecule has 2 rings (SSSR count). The van der Waals surface area contributed by atoms with Gasteiger partial charge in [-0.2, -0.15) is 0 Å². The van der Waals surface area contributed by atoms with Gasteiger partial charge in [-0.05, 0) is 18.1 Å². The Labute approximate surface area is 134 Å². The lowest BCUT2D eigenvalue weighted by molar-refractivity contribution is 1.09. The predicted octanol–water partition coefficient (Wildman–Crippen LogP) is 5.61. The summed E-state index contributed by atoms with van der Waals surface area (Å²) >= 11 is 0. The van der Waals surface area contributed by atoms with Crippen molar-refractivity contribution in [3.63, 3.8) is 0 Å². The molecule has 0 spiro atoms. The minimum Gasteiger partial charge on any atom is -0.241 e. The molecule has 0 radical (unpaired) electrons. The molecule has 2 aromatic carbocycles. The van der Waals surface area contributed by atoms with Gasteiger partial charge in [0.2, 0.25) is 0 Å². The molecule has 2 aromatic rings. The molecule has 0 N–H and O–H groups in total. The van der Waals surface area contributed by atoms with Crippen molar-refractivity contribution in [2.75, 3.05) is 0 Å². The van der Waals surface area contributed by atoms with Crippen molar-refractivity contribution in [1.29, 1.82) is 0 Å². The van der Waals surface area contributed by atoms with Gasteiger partial charge >= 0.3 is 0 Å². The lowest BCUT2D eigenvalue weighted by atomic mass is 10.1. The van der Waals surface area contributed by atoms with E-state index in [0.717, 1.165) is 16.8 Å². The van der Waals surface area contributed by atoms with Crippen LogP contribution in [0.2, 0.25) is 0 Å². The van der Waals surface area contributed by atoms with Gasteiger partial charge in [0.05, 0.1) is 5.70 Å². The zero-order chi connectivity index (χ0) is 16.2. The van der Waals surface area contributed by atoms with E-state index in [2.05, 4.69) is 30.4 Å². The van der Waals surface area contributed by atoms with Crippen LogP contribution in [0.1, 0.15) is 38.3 Å². The van der Waals surface area contributed by atoms with Crippen molar-refractivity contribution in [2.45, 2.75) is 27.2 Å². The highest BCUT2D eigenvalue weighted by Gasteiger charge is 1.95. The Kier molecular flexibility index (Phi) is 8.21. The Morgan fingerprint density at radius 1 is 0.909 bits per heavy atom. The topological polar surface area (TPSA) is 24.7 Å². The van der Waals surface area contributed by atoms with Crippen LogP contribution < -0.4 is 0 Å². The molecule has 114 valence electrons. The zero-order valence-corrected chi connectivity index (χ0v) is 13.7. The molecule has 0 atom stereocenters. The summed E-state index contributed by atoms with van der Waals surface area (Å²) in [5.41, 5.74) is 3.75. The van der Waals surface area contributed by atoms with Crippen molar-refractivity contribution in [2.24, 2.45) is 9.98 Å². The van der Waals surface area contributed by atoms with E-state index in [1.165, 1.54) is 6.42 Å². The summed E-state index contributed by atoms with van der Waals surface area (Å²) in [5, 5.41) is 0. The summed E-state index contributed by atoms with van der Waals surface area (Å²) in [6.07, 6.45) is 2.80. The van der Waals surface area contributed by atoms with E-state index < -0.39 is 0 Å². The smallest absolute Gasteiger partial charge is 0.116 e. The molecule has 0 aliphatic heterocycles. The fourth-order valence-corrected chi connectivity index (χ4v) is 1.64. The highest BCUT2D eigenvalue weighted by atomic mass is 14.9. The summed E-state index contributed by atoms with van der Waals surface area (Å²) in [6.45, 7) is 10.1. The summed E-state index contributed by atoms with van der Waals surface area (Å²) in [4.78, 5) is 8.58. The Bertz CT molecular complexity index is 611. The van der Waals surface area contributed by atoms with Gasteiger partial charge in [0.1, 0.15) is 6.34 Å². The maximum Gasteiger partial charge on any atom is 0.116 e. The number of benzene rings is 2. The summed E-state index contributed by atoms with van der Waals surface area (Å²) < 4.78 is 0. The minimum atomic E-state index is 0.713. The van der Waals surface area contributed by atoms with Crippen molar-refractivity contribution in [3.05, 3.63) is 78.4 Å². The predicted molar refractivity (Wildman–Crippen MR) is 98.6 cm³/mol. The number of hydrogen-bond donors (Lipinski definition) is 0. The molecule has 0 aliphatic rings. The van der Waals surface area contributed by atoms with Crippen LogP contribution in [-0.4, -0.2) is 12.1 Å². The molecule has 0 bridgehead atoms. The van der Waals surface area contributed by atoms with Crippen molar-refractivity contribution < 1.29 is 0 Å². The Hall–Kier alpha value is -2.48. The van der Waals surface area contributed by atoms with E-state index >= 15 is 0 Å². The molecule has 2 nitrogen and oxygen atoms in total. The molecule has 0 aliphatic carbocycles. The first kappa shape index (κ1) is 17.6. The standard InChI is InChI=1S/C17H16N2.C3H8/c1-14(16-9-5-3-6-10-16)18-13-19-15(2)17-11-7-4-8-12-17;1-3-2/h3-13H,1H2,2H3;3H2,1-2H3. The van der Waals surface area contributed by atoms with Crippen LogP contribution in [-0.2, 0) is 0 Å². The number of hydrogen-bond acceptors (Lipinski definition) is 1. The third-order valence-corrected chi connectivity index (χ3v) is 2.76. The van der Waals surface area contributed by atoms with E-state index in [1.54, 1.807) is 6.34 Å². The van der Waals surface area contributed by atoms with Crippen LogP contribution in [0.5, 0.6) is 0 Å². The van der Waals surface area contributed by atoms with Gasteiger partial charge in [-0.15, -0.1) is 0 Å². The Morgan fingerprint density at radius 2 is 1.36 bits per heavy atom. The van der Waals surface area contributed by atoms with Crippen LogP contribution in [0, 0.1) is 0 Å². The third kappa shape index (κ3) is 6.31. The molecule has 0 saturated carbocycles. The Morgan fingerprint density at radius 3 is 1.86 bits per heavy atom.